The van der Waals surface area contributed by atoms with Crippen molar-refractivity contribution in [1.82, 2.24) is 10.2 Å². The fraction of sp³-hybridized carbons (Fsp3) is 0.700. The molecule has 0 saturated heterocycles. The Morgan fingerprint density at radius 1 is 1.50 bits per heavy atom. The summed E-state index contributed by atoms with van der Waals surface area (Å²) >= 11 is 1.42. The van der Waals surface area contributed by atoms with Crippen molar-refractivity contribution in [2.24, 2.45) is 0 Å². The molecule has 0 atom stereocenters. The van der Waals surface area contributed by atoms with Crippen molar-refractivity contribution in [3.8, 4) is 0 Å². The molecule has 1 heterocycles. The van der Waals surface area contributed by atoms with Crippen LogP contribution in [0.3, 0.4) is 0 Å². The molecule has 0 aliphatic heterocycles. The minimum Gasteiger partial charge on any atom is -0.481 e. The molecule has 88 valence electrons. The molecular weight excluding hydrogens is 226 g/mol. The molecule has 1 aliphatic rings. The summed E-state index contributed by atoms with van der Waals surface area (Å²) in [6.07, 6.45) is 5.32. The first-order valence-corrected chi connectivity index (χ1v) is 6.34. The Labute approximate surface area is 97.9 Å². The number of carboxylic acids is 1. The molecule has 1 aliphatic carbocycles. The Bertz CT molecular complexity index is 347. The normalized spacial score (nSPS) is 19.2. The first kappa shape index (κ1) is 11.3. The van der Waals surface area contributed by atoms with Crippen molar-refractivity contribution in [1.29, 1.82) is 0 Å². The lowest BCUT2D eigenvalue weighted by Gasteiger charge is -2.36. The summed E-state index contributed by atoms with van der Waals surface area (Å²) in [6.45, 7) is 0. The monoisotopic (exact) mass is 241 g/mol. The lowest BCUT2D eigenvalue weighted by molar-refractivity contribution is -0.138. The molecule has 2 N–H and O–H groups in total. The van der Waals surface area contributed by atoms with Crippen LogP contribution < -0.4 is 5.32 Å². The second kappa shape index (κ2) is 4.78. The van der Waals surface area contributed by atoms with Gasteiger partial charge in [-0.2, -0.15) is 0 Å². The van der Waals surface area contributed by atoms with Gasteiger partial charge in [0.15, 0.2) is 0 Å². The third-order valence-corrected chi connectivity index (χ3v) is 3.64. The lowest BCUT2D eigenvalue weighted by atomic mass is 9.79. The predicted molar refractivity (Wildman–Crippen MR) is 61.6 cm³/mol. The predicted octanol–water partition coefficient (Wildman–Crippen LogP) is 2.13. The number of anilines is 1. The molecule has 0 radical (unpaired) electrons. The number of aromatic nitrogens is 2. The number of aliphatic carboxylic acids is 1. The second-order valence-corrected chi connectivity index (χ2v) is 5.11. The average molecular weight is 241 g/mol. The van der Waals surface area contributed by atoms with Gasteiger partial charge in [0.2, 0.25) is 5.13 Å². The van der Waals surface area contributed by atoms with Gasteiger partial charge in [0.1, 0.15) is 5.51 Å². The highest BCUT2D eigenvalue weighted by atomic mass is 32.1. The van der Waals surface area contributed by atoms with Crippen LogP contribution in [0.5, 0.6) is 0 Å². The zero-order valence-corrected chi connectivity index (χ0v) is 9.79. The van der Waals surface area contributed by atoms with Gasteiger partial charge in [-0.15, -0.1) is 10.2 Å². The summed E-state index contributed by atoms with van der Waals surface area (Å²) in [5.74, 6) is -0.751. The minimum atomic E-state index is -0.751. The number of hydrogen-bond acceptors (Lipinski definition) is 5. The summed E-state index contributed by atoms with van der Waals surface area (Å²) in [7, 11) is 0. The summed E-state index contributed by atoms with van der Waals surface area (Å²) in [6, 6.07) is 0. The van der Waals surface area contributed by atoms with E-state index in [1.807, 2.05) is 0 Å². The maximum absolute atomic E-state index is 10.9. The molecule has 1 aromatic heterocycles. The van der Waals surface area contributed by atoms with E-state index in [9.17, 15) is 4.79 Å². The van der Waals surface area contributed by atoms with Crippen molar-refractivity contribution in [2.45, 2.75) is 44.1 Å². The highest BCUT2D eigenvalue weighted by Gasteiger charge is 2.34. The molecule has 5 nitrogen and oxygen atoms in total. The second-order valence-electron chi connectivity index (χ2n) is 4.28. The van der Waals surface area contributed by atoms with E-state index in [0.29, 0.717) is 0 Å². The average Bonchev–Trinajstić information content (AvgIpc) is 2.70. The van der Waals surface area contributed by atoms with E-state index in [4.69, 9.17) is 5.11 Å². The first-order chi connectivity index (χ1) is 7.70. The number of carbonyl (C=O) groups is 1. The molecular formula is C10H15N3O2S. The van der Waals surface area contributed by atoms with Crippen molar-refractivity contribution < 1.29 is 9.90 Å². The van der Waals surface area contributed by atoms with Gasteiger partial charge in [0, 0.05) is 0 Å². The fourth-order valence-electron chi connectivity index (χ4n) is 2.32. The zero-order chi connectivity index (χ0) is 11.4. The van der Waals surface area contributed by atoms with Crippen LogP contribution >= 0.6 is 11.3 Å². The Morgan fingerprint density at radius 3 is 2.81 bits per heavy atom. The molecule has 1 saturated carbocycles. The quantitative estimate of drug-likeness (QED) is 0.844. The standard InChI is InChI=1S/C10H15N3O2S/c14-8(15)6-10(4-2-1-3-5-10)12-9-13-11-7-16-9/h7H,1-6H2,(H,12,13)(H,14,15). The number of nitrogens with zero attached hydrogens (tertiary/aromatic N) is 2. The summed E-state index contributed by atoms with van der Waals surface area (Å²) < 4.78 is 0. The van der Waals surface area contributed by atoms with Crippen LogP contribution in [0.2, 0.25) is 0 Å². The molecule has 0 unspecified atom stereocenters. The van der Waals surface area contributed by atoms with Crippen LogP contribution in [0.1, 0.15) is 38.5 Å². The van der Waals surface area contributed by atoms with Gasteiger partial charge < -0.3 is 10.4 Å². The molecule has 6 heteroatoms. The molecule has 2 rings (SSSR count). The van der Waals surface area contributed by atoms with Gasteiger partial charge in [-0.3, -0.25) is 4.79 Å². The largest absolute Gasteiger partial charge is 0.481 e. The molecule has 0 spiro atoms. The Kier molecular flexibility index (Phi) is 3.38. The molecule has 0 amide bonds. The Hall–Kier alpha value is -1.17. The van der Waals surface area contributed by atoms with E-state index in [1.54, 1.807) is 5.51 Å². The number of carboxylic acid groups (broad SMARTS) is 1. The maximum Gasteiger partial charge on any atom is 0.305 e. The fourth-order valence-corrected chi connectivity index (χ4v) is 2.88. The van der Waals surface area contributed by atoms with Crippen LogP contribution in [0.4, 0.5) is 5.13 Å². The molecule has 0 bridgehead atoms. The van der Waals surface area contributed by atoms with Crippen LogP contribution in [-0.4, -0.2) is 26.8 Å². The van der Waals surface area contributed by atoms with Gasteiger partial charge in [-0.25, -0.2) is 0 Å². The lowest BCUT2D eigenvalue weighted by Crippen LogP contribution is -2.42. The van der Waals surface area contributed by atoms with Gasteiger partial charge in [0.05, 0.1) is 12.0 Å². The summed E-state index contributed by atoms with van der Waals surface area (Å²) in [4.78, 5) is 10.9. The SMILES string of the molecule is O=C(O)CC1(Nc2nncs2)CCCCC1. The zero-order valence-electron chi connectivity index (χ0n) is 8.98. The molecule has 0 aromatic carbocycles. The third kappa shape index (κ3) is 2.69. The van der Waals surface area contributed by atoms with Crippen molar-refractivity contribution >= 4 is 22.4 Å². The Morgan fingerprint density at radius 2 is 2.25 bits per heavy atom. The first-order valence-electron chi connectivity index (χ1n) is 5.46. The number of hydrogen-bond donors (Lipinski definition) is 2. The highest BCUT2D eigenvalue weighted by Crippen LogP contribution is 2.34. The van der Waals surface area contributed by atoms with Crippen molar-refractivity contribution in [3.63, 3.8) is 0 Å². The Balaban J connectivity index is 2.09. The number of rotatable bonds is 4. The summed E-state index contributed by atoms with van der Waals surface area (Å²) in [5, 5.41) is 20.7. The van der Waals surface area contributed by atoms with Gasteiger partial charge >= 0.3 is 5.97 Å². The van der Waals surface area contributed by atoms with E-state index in [-0.39, 0.29) is 12.0 Å². The maximum atomic E-state index is 10.9. The van der Waals surface area contributed by atoms with Gasteiger partial charge in [-0.1, -0.05) is 30.6 Å². The van der Waals surface area contributed by atoms with Gasteiger partial charge in [0.25, 0.3) is 0 Å². The molecule has 16 heavy (non-hydrogen) atoms. The van der Waals surface area contributed by atoms with Gasteiger partial charge in [-0.05, 0) is 12.8 Å². The summed E-state index contributed by atoms with van der Waals surface area (Å²) in [5.41, 5.74) is 1.34. The van der Waals surface area contributed by atoms with E-state index in [1.165, 1.54) is 17.8 Å². The molecule has 1 fully saturated rings. The van der Waals surface area contributed by atoms with Crippen LogP contribution in [0, 0.1) is 0 Å². The van der Waals surface area contributed by atoms with Crippen molar-refractivity contribution in [3.05, 3.63) is 5.51 Å². The third-order valence-electron chi connectivity index (χ3n) is 3.03. The highest BCUT2D eigenvalue weighted by molar-refractivity contribution is 7.13. The smallest absolute Gasteiger partial charge is 0.305 e. The van der Waals surface area contributed by atoms with Crippen LogP contribution in [0.25, 0.3) is 0 Å². The van der Waals surface area contributed by atoms with E-state index in [0.717, 1.165) is 30.8 Å². The molecule has 1 aromatic rings. The van der Waals surface area contributed by atoms with E-state index >= 15 is 0 Å². The van der Waals surface area contributed by atoms with Crippen LogP contribution in [0.15, 0.2) is 5.51 Å². The van der Waals surface area contributed by atoms with E-state index in [2.05, 4.69) is 15.5 Å². The number of nitrogens with one attached hydrogen (secondary N) is 1. The minimum absolute atomic E-state index is 0.159. The van der Waals surface area contributed by atoms with Crippen LogP contribution in [-0.2, 0) is 4.79 Å². The van der Waals surface area contributed by atoms with Crippen molar-refractivity contribution in [2.75, 3.05) is 5.32 Å². The topological polar surface area (TPSA) is 75.1 Å². The van der Waals surface area contributed by atoms with E-state index < -0.39 is 5.97 Å².